The molecule has 1 aromatic carbocycles. The van der Waals surface area contributed by atoms with Crippen LogP contribution < -0.4 is 5.32 Å². The van der Waals surface area contributed by atoms with Gasteiger partial charge >= 0.3 is 0 Å². The van der Waals surface area contributed by atoms with E-state index in [9.17, 15) is 9.50 Å². The molecule has 2 unspecified atom stereocenters. The molecule has 0 amide bonds. The van der Waals surface area contributed by atoms with Gasteiger partial charge < -0.3 is 10.4 Å². The summed E-state index contributed by atoms with van der Waals surface area (Å²) in [5.41, 5.74) is -0.207. The first-order valence-corrected chi connectivity index (χ1v) is 6.69. The molecule has 0 spiro atoms. The lowest BCUT2D eigenvalue weighted by Gasteiger charge is -2.26. The average Bonchev–Trinajstić information content (AvgIpc) is 3.11. The van der Waals surface area contributed by atoms with Gasteiger partial charge in [0.1, 0.15) is 5.82 Å². The summed E-state index contributed by atoms with van der Waals surface area (Å²) in [6.45, 7) is 4.41. The third-order valence-electron chi connectivity index (χ3n) is 3.64. The topological polar surface area (TPSA) is 32.3 Å². The normalized spacial score (nSPS) is 20.4. The molecule has 0 saturated heterocycles. The Morgan fingerprint density at radius 3 is 2.56 bits per heavy atom. The van der Waals surface area contributed by atoms with Crippen molar-refractivity contribution in [2.75, 3.05) is 6.54 Å². The number of hydrogen-bond acceptors (Lipinski definition) is 2. The first kappa shape index (κ1) is 13.5. The van der Waals surface area contributed by atoms with Crippen molar-refractivity contribution in [2.24, 2.45) is 5.92 Å². The minimum atomic E-state index is -0.953. The van der Waals surface area contributed by atoms with Crippen molar-refractivity contribution in [3.8, 4) is 0 Å². The third kappa shape index (κ3) is 3.79. The van der Waals surface area contributed by atoms with Crippen molar-refractivity contribution in [3.05, 3.63) is 35.6 Å². The number of nitrogens with one attached hydrogen (secondary N) is 1. The van der Waals surface area contributed by atoms with Gasteiger partial charge in [-0.15, -0.1) is 0 Å². The van der Waals surface area contributed by atoms with Crippen molar-refractivity contribution >= 4 is 0 Å². The van der Waals surface area contributed by atoms with Gasteiger partial charge in [-0.05, 0) is 43.9 Å². The molecule has 0 aliphatic heterocycles. The Kier molecular flexibility index (Phi) is 4.03. The smallest absolute Gasteiger partial charge is 0.123 e. The van der Waals surface area contributed by atoms with E-state index in [0.717, 1.165) is 11.5 Å². The van der Waals surface area contributed by atoms with Gasteiger partial charge in [0.25, 0.3) is 0 Å². The van der Waals surface area contributed by atoms with E-state index in [0.29, 0.717) is 12.6 Å². The summed E-state index contributed by atoms with van der Waals surface area (Å²) >= 11 is 0. The third-order valence-corrected chi connectivity index (χ3v) is 3.64. The second kappa shape index (κ2) is 5.37. The van der Waals surface area contributed by atoms with Gasteiger partial charge in [0, 0.05) is 12.6 Å². The van der Waals surface area contributed by atoms with Crippen molar-refractivity contribution in [1.29, 1.82) is 0 Å². The zero-order valence-corrected chi connectivity index (χ0v) is 11.1. The van der Waals surface area contributed by atoms with Crippen molar-refractivity contribution < 1.29 is 9.50 Å². The highest BCUT2D eigenvalue weighted by Crippen LogP contribution is 2.33. The van der Waals surface area contributed by atoms with Crippen LogP contribution >= 0.6 is 0 Å². The van der Waals surface area contributed by atoms with Crippen molar-refractivity contribution in [1.82, 2.24) is 5.32 Å². The molecule has 3 heteroatoms. The molecule has 0 heterocycles. The molecule has 0 radical (unpaired) electrons. The highest BCUT2D eigenvalue weighted by atomic mass is 19.1. The summed E-state index contributed by atoms with van der Waals surface area (Å²) in [7, 11) is 0. The van der Waals surface area contributed by atoms with Crippen LogP contribution in [-0.4, -0.2) is 17.7 Å². The van der Waals surface area contributed by atoms with Gasteiger partial charge in [-0.1, -0.05) is 25.0 Å². The zero-order valence-electron chi connectivity index (χ0n) is 11.1. The van der Waals surface area contributed by atoms with E-state index >= 15 is 0 Å². The molecule has 2 nitrogen and oxygen atoms in total. The van der Waals surface area contributed by atoms with Crippen LogP contribution in [0, 0.1) is 11.7 Å². The van der Waals surface area contributed by atoms with Gasteiger partial charge in [-0.25, -0.2) is 4.39 Å². The number of rotatable bonds is 6. The molecule has 0 bridgehead atoms. The predicted octanol–water partition coefficient (Wildman–Crippen LogP) is 2.81. The molecular weight excluding hydrogens is 229 g/mol. The Hall–Kier alpha value is -0.930. The highest BCUT2D eigenvalue weighted by Gasteiger charge is 2.26. The second-order valence-corrected chi connectivity index (χ2v) is 5.74. The van der Waals surface area contributed by atoms with Crippen molar-refractivity contribution in [2.45, 2.75) is 44.8 Å². The minimum Gasteiger partial charge on any atom is -0.384 e. The Balaban J connectivity index is 1.87. The molecule has 0 aromatic heterocycles. The van der Waals surface area contributed by atoms with Crippen LogP contribution in [0.5, 0.6) is 0 Å². The van der Waals surface area contributed by atoms with Gasteiger partial charge in [-0.3, -0.25) is 0 Å². The first-order valence-electron chi connectivity index (χ1n) is 6.69. The van der Waals surface area contributed by atoms with Crippen LogP contribution in [0.4, 0.5) is 4.39 Å². The molecule has 18 heavy (non-hydrogen) atoms. The van der Waals surface area contributed by atoms with Crippen LogP contribution in [0.3, 0.4) is 0 Å². The van der Waals surface area contributed by atoms with Gasteiger partial charge in [0.2, 0.25) is 0 Å². The fourth-order valence-corrected chi connectivity index (χ4v) is 2.22. The molecule has 1 saturated carbocycles. The molecule has 2 N–H and O–H groups in total. The maximum atomic E-state index is 12.8. The molecule has 1 aliphatic carbocycles. The number of halogens is 1. The van der Waals surface area contributed by atoms with Crippen LogP contribution in [-0.2, 0) is 5.60 Å². The fourth-order valence-electron chi connectivity index (χ4n) is 2.22. The van der Waals surface area contributed by atoms with E-state index in [-0.39, 0.29) is 5.82 Å². The second-order valence-electron chi connectivity index (χ2n) is 5.74. The summed E-state index contributed by atoms with van der Waals surface area (Å²) in [6, 6.07) is 6.48. The summed E-state index contributed by atoms with van der Waals surface area (Å²) in [5, 5.41) is 13.8. The Labute approximate surface area is 108 Å². The van der Waals surface area contributed by atoms with Crippen LogP contribution in [0.25, 0.3) is 0 Å². The lowest BCUT2D eigenvalue weighted by molar-refractivity contribution is 0.0538. The number of benzene rings is 1. The fraction of sp³-hybridized carbons (Fsp3) is 0.600. The number of aliphatic hydroxyl groups is 1. The molecule has 1 fully saturated rings. The van der Waals surface area contributed by atoms with Crippen LogP contribution in [0.2, 0.25) is 0 Å². The summed E-state index contributed by atoms with van der Waals surface area (Å²) in [6.07, 6.45) is 3.88. The minimum absolute atomic E-state index is 0.274. The molecule has 2 rings (SSSR count). The van der Waals surface area contributed by atoms with E-state index in [2.05, 4.69) is 12.2 Å². The highest BCUT2D eigenvalue weighted by molar-refractivity contribution is 5.22. The quantitative estimate of drug-likeness (QED) is 0.815. The van der Waals surface area contributed by atoms with E-state index in [1.54, 1.807) is 19.1 Å². The lowest BCUT2D eigenvalue weighted by atomic mass is 9.95. The van der Waals surface area contributed by atoms with Crippen LogP contribution in [0.1, 0.15) is 38.7 Å². The van der Waals surface area contributed by atoms with Gasteiger partial charge in [0.05, 0.1) is 5.60 Å². The summed E-state index contributed by atoms with van der Waals surface area (Å²) in [4.78, 5) is 0. The van der Waals surface area contributed by atoms with Crippen LogP contribution in [0.15, 0.2) is 24.3 Å². The first-order chi connectivity index (χ1) is 8.47. The van der Waals surface area contributed by atoms with E-state index < -0.39 is 5.60 Å². The standard InChI is InChI=1S/C15H22FNO/c1-11(9-12-3-4-12)17-10-15(2,18)13-5-7-14(16)8-6-13/h5-8,11-12,17-18H,3-4,9-10H2,1-2H3. The maximum absolute atomic E-state index is 12.8. The largest absolute Gasteiger partial charge is 0.384 e. The average molecular weight is 251 g/mol. The molecule has 100 valence electrons. The van der Waals surface area contributed by atoms with E-state index in [1.165, 1.54) is 31.4 Å². The van der Waals surface area contributed by atoms with E-state index in [1.807, 2.05) is 0 Å². The monoisotopic (exact) mass is 251 g/mol. The molecule has 2 atom stereocenters. The molecule has 1 aliphatic rings. The molecule has 1 aromatic rings. The number of hydrogen-bond donors (Lipinski definition) is 2. The van der Waals surface area contributed by atoms with Gasteiger partial charge in [-0.2, -0.15) is 0 Å². The summed E-state index contributed by atoms with van der Waals surface area (Å²) < 4.78 is 12.8. The zero-order chi connectivity index (χ0) is 13.2. The Bertz CT molecular complexity index is 384. The Morgan fingerprint density at radius 1 is 1.39 bits per heavy atom. The lowest BCUT2D eigenvalue weighted by Crippen LogP contribution is -2.39. The maximum Gasteiger partial charge on any atom is 0.123 e. The summed E-state index contributed by atoms with van der Waals surface area (Å²) in [5.74, 6) is 0.605. The van der Waals surface area contributed by atoms with E-state index in [4.69, 9.17) is 0 Å². The van der Waals surface area contributed by atoms with Gasteiger partial charge in [0.15, 0.2) is 0 Å². The Morgan fingerprint density at radius 2 is 2.00 bits per heavy atom. The predicted molar refractivity (Wildman–Crippen MR) is 70.8 cm³/mol. The molecular formula is C15H22FNO. The SMILES string of the molecule is CC(CC1CC1)NCC(C)(O)c1ccc(F)cc1. The van der Waals surface area contributed by atoms with Crippen molar-refractivity contribution in [3.63, 3.8) is 0 Å².